The number of sulfone groups is 1. The second-order valence-electron chi connectivity index (χ2n) is 8.51. The van der Waals surface area contributed by atoms with Gasteiger partial charge in [-0.15, -0.1) is 0 Å². The van der Waals surface area contributed by atoms with Crippen LogP contribution in [0.3, 0.4) is 0 Å². The van der Waals surface area contributed by atoms with E-state index in [0.29, 0.717) is 51.5 Å². The predicted molar refractivity (Wildman–Crippen MR) is 111 cm³/mol. The van der Waals surface area contributed by atoms with Gasteiger partial charge in [0.25, 0.3) is 5.95 Å². The summed E-state index contributed by atoms with van der Waals surface area (Å²) in [6.45, 7) is 1.14. The molecule has 0 radical (unpaired) electrons. The third-order valence-corrected chi connectivity index (χ3v) is 7.16. The van der Waals surface area contributed by atoms with Crippen molar-refractivity contribution in [3.05, 3.63) is 35.2 Å². The van der Waals surface area contributed by atoms with Gasteiger partial charge in [-0.1, -0.05) is 0 Å². The number of hydrogen-bond acceptors (Lipinski definition) is 7. The summed E-state index contributed by atoms with van der Waals surface area (Å²) >= 11 is 0. The van der Waals surface area contributed by atoms with E-state index in [4.69, 9.17) is 0 Å². The van der Waals surface area contributed by atoms with Crippen molar-refractivity contribution in [3.8, 4) is 0 Å². The lowest BCUT2D eigenvalue weighted by atomic mass is 10.0. The molecule has 35 heavy (non-hydrogen) atoms. The van der Waals surface area contributed by atoms with Crippen LogP contribution in [0.5, 0.6) is 0 Å². The zero-order chi connectivity index (χ0) is 25.5. The lowest BCUT2D eigenvalue weighted by Gasteiger charge is -2.43. The molecule has 2 aliphatic rings. The summed E-state index contributed by atoms with van der Waals surface area (Å²) in [5.74, 6) is -3.61. The maximum atomic E-state index is 14.5. The maximum Gasteiger partial charge on any atom is 0.471 e. The van der Waals surface area contributed by atoms with E-state index in [-0.39, 0.29) is 30.1 Å². The van der Waals surface area contributed by atoms with Gasteiger partial charge in [-0.3, -0.25) is 0 Å². The van der Waals surface area contributed by atoms with Gasteiger partial charge in [-0.25, -0.2) is 22.0 Å². The van der Waals surface area contributed by atoms with Crippen molar-refractivity contribution in [1.29, 1.82) is 0 Å². The lowest BCUT2D eigenvalue weighted by molar-refractivity contribution is -0.159. The van der Waals surface area contributed by atoms with Crippen LogP contribution in [0.1, 0.15) is 30.7 Å². The number of amides is 2. The predicted octanol–water partition coefficient (Wildman–Crippen LogP) is 3.07. The van der Waals surface area contributed by atoms with Crippen molar-refractivity contribution in [2.45, 2.75) is 42.9 Å². The van der Waals surface area contributed by atoms with E-state index >= 15 is 0 Å². The van der Waals surface area contributed by atoms with Crippen LogP contribution in [0, 0.1) is 11.6 Å². The van der Waals surface area contributed by atoms with E-state index in [2.05, 4.69) is 14.7 Å². The average Bonchev–Trinajstić information content (AvgIpc) is 3.28. The van der Waals surface area contributed by atoms with Crippen LogP contribution in [0.4, 0.5) is 32.7 Å². The molecule has 0 bridgehead atoms. The molecule has 0 spiro atoms. The van der Waals surface area contributed by atoms with Gasteiger partial charge < -0.3 is 19.2 Å². The highest BCUT2D eigenvalue weighted by atomic mass is 32.2. The van der Waals surface area contributed by atoms with Crippen molar-refractivity contribution in [3.63, 3.8) is 0 Å². The molecule has 192 valence electrons. The maximum absolute atomic E-state index is 14.5. The minimum atomic E-state index is -4.74. The van der Waals surface area contributed by atoms with Crippen molar-refractivity contribution >= 4 is 21.8 Å². The third kappa shape index (κ3) is 5.33. The standard InChI is InChI=1S/C20H22F5N5O4S/c1-35(32,33)16-10-14(21)12(9-15(16)22)11-29-5-2-6-30(19(29)31)13-3-7-28(8-4-13)18-26-17(34-27-18)20(23,24)25/h9-10,13H,2-8,11H2,1H3. The summed E-state index contributed by atoms with van der Waals surface area (Å²) in [7, 11) is -3.95. The Kier molecular flexibility index (Phi) is 6.64. The summed E-state index contributed by atoms with van der Waals surface area (Å²) in [5.41, 5.74) is -0.141. The first-order valence-corrected chi connectivity index (χ1v) is 12.6. The van der Waals surface area contributed by atoms with Crippen molar-refractivity contribution in [2.75, 3.05) is 37.3 Å². The van der Waals surface area contributed by atoms with Gasteiger partial charge in [0.1, 0.15) is 16.5 Å². The Morgan fingerprint density at radius 2 is 1.77 bits per heavy atom. The Hall–Kier alpha value is -2.97. The minimum Gasteiger partial charge on any atom is -0.338 e. The molecule has 1 aromatic heterocycles. The summed E-state index contributed by atoms with van der Waals surface area (Å²) in [5, 5.41) is 3.38. The largest absolute Gasteiger partial charge is 0.471 e. The van der Waals surface area contributed by atoms with Crippen molar-refractivity contribution in [1.82, 2.24) is 19.9 Å². The van der Waals surface area contributed by atoms with Crippen LogP contribution in [0.25, 0.3) is 0 Å². The van der Waals surface area contributed by atoms with Crippen molar-refractivity contribution in [2.24, 2.45) is 0 Å². The number of aromatic nitrogens is 2. The van der Waals surface area contributed by atoms with E-state index in [1.54, 1.807) is 9.80 Å². The number of nitrogens with zero attached hydrogens (tertiary/aromatic N) is 5. The number of rotatable bonds is 5. The third-order valence-electron chi connectivity index (χ3n) is 6.05. The number of piperidine rings is 1. The molecule has 0 aliphatic carbocycles. The van der Waals surface area contributed by atoms with E-state index in [1.807, 2.05) is 0 Å². The molecule has 15 heteroatoms. The highest BCUT2D eigenvalue weighted by Gasteiger charge is 2.40. The zero-order valence-corrected chi connectivity index (χ0v) is 19.4. The number of benzene rings is 1. The van der Waals surface area contributed by atoms with Crippen LogP contribution in [-0.2, 0) is 22.6 Å². The molecular formula is C20H22F5N5O4S. The smallest absolute Gasteiger partial charge is 0.338 e. The number of hydrogen-bond donors (Lipinski definition) is 0. The first-order chi connectivity index (χ1) is 16.3. The number of alkyl halides is 3. The van der Waals surface area contributed by atoms with Gasteiger partial charge in [0.05, 0.1) is 6.54 Å². The van der Waals surface area contributed by atoms with Gasteiger partial charge in [0, 0.05) is 44.0 Å². The first kappa shape index (κ1) is 25.1. The van der Waals surface area contributed by atoms with Gasteiger partial charge in [0.2, 0.25) is 0 Å². The van der Waals surface area contributed by atoms with E-state index in [9.17, 15) is 35.2 Å². The van der Waals surface area contributed by atoms with Crippen LogP contribution in [-0.4, -0.2) is 72.9 Å². The van der Waals surface area contributed by atoms with E-state index in [0.717, 1.165) is 12.3 Å². The summed E-state index contributed by atoms with van der Waals surface area (Å²) in [6, 6.07) is 0.825. The van der Waals surface area contributed by atoms with Gasteiger partial charge >= 0.3 is 18.1 Å². The normalized spacial score (nSPS) is 18.5. The monoisotopic (exact) mass is 523 g/mol. The Bertz CT molecular complexity index is 1210. The van der Waals surface area contributed by atoms with Crippen molar-refractivity contribution < 1.29 is 39.7 Å². The van der Waals surface area contributed by atoms with Gasteiger partial charge in [0.15, 0.2) is 9.84 Å². The molecule has 2 aliphatic heterocycles. The molecule has 0 atom stereocenters. The summed E-state index contributed by atoms with van der Waals surface area (Å²) < 4.78 is 94.3. The SMILES string of the molecule is CS(=O)(=O)c1cc(F)c(CN2CCCN(C3CCN(c4noc(C(F)(F)F)n4)CC3)C2=O)cc1F. The molecule has 2 saturated heterocycles. The Morgan fingerprint density at radius 3 is 2.37 bits per heavy atom. The van der Waals surface area contributed by atoms with Crippen LogP contribution in [0.2, 0.25) is 0 Å². The Labute approximate surface area is 197 Å². The zero-order valence-electron chi connectivity index (χ0n) is 18.6. The Morgan fingerprint density at radius 1 is 1.09 bits per heavy atom. The molecule has 2 amide bonds. The summed E-state index contributed by atoms with van der Waals surface area (Å²) in [6.07, 6.45) is -2.49. The van der Waals surface area contributed by atoms with E-state index < -0.39 is 38.4 Å². The first-order valence-electron chi connectivity index (χ1n) is 10.7. The number of halogens is 5. The van der Waals surface area contributed by atoms with Gasteiger partial charge in [-0.05, 0) is 36.6 Å². The Balaban J connectivity index is 1.40. The fourth-order valence-corrected chi connectivity index (χ4v) is 5.04. The molecule has 1 aromatic carbocycles. The molecule has 3 heterocycles. The number of carbonyl (C=O) groups is 1. The fraction of sp³-hybridized carbons (Fsp3) is 0.550. The molecular weight excluding hydrogens is 501 g/mol. The lowest BCUT2D eigenvalue weighted by Crippen LogP contribution is -2.55. The van der Waals surface area contributed by atoms with Crippen LogP contribution < -0.4 is 4.90 Å². The van der Waals surface area contributed by atoms with Crippen LogP contribution >= 0.6 is 0 Å². The molecule has 0 N–H and O–H groups in total. The molecule has 0 unspecified atom stereocenters. The molecule has 4 rings (SSSR count). The highest BCUT2D eigenvalue weighted by Crippen LogP contribution is 2.30. The minimum absolute atomic E-state index is 0.141. The average molecular weight is 523 g/mol. The molecule has 2 fully saturated rings. The highest BCUT2D eigenvalue weighted by molar-refractivity contribution is 7.90. The fourth-order valence-electron chi connectivity index (χ4n) is 4.31. The summed E-state index contributed by atoms with van der Waals surface area (Å²) in [4.78, 5) is 20.2. The number of anilines is 1. The van der Waals surface area contributed by atoms with Crippen LogP contribution in [0.15, 0.2) is 21.6 Å². The van der Waals surface area contributed by atoms with Gasteiger partial charge in [-0.2, -0.15) is 18.2 Å². The number of carbonyl (C=O) groups excluding carboxylic acids is 1. The molecule has 9 nitrogen and oxygen atoms in total. The second-order valence-corrected chi connectivity index (χ2v) is 10.5. The second kappa shape index (κ2) is 9.24. The molecule has 0 saturated carbocycles. The molecule has 2 aromatic rings. The topological polar surface area (TPSA) is 99.9 Å². The van der Waals surface area contributed by atoms with E-state index in [1.165, 1.54) is 4.90 Å². The quantitative estimate of drug-likeness (QED) is 0.556. The number of urea groups is 1.